The highest BCUT2D eigenvalue weighted by Gasteiger charge is 2.44. The van der Waals surface area contributed by atoms with Crippen molar-refractivity contribution in [3.05, 3.63) is 0 Å². The molecule has 20 heavy (non-hydrogen) atoms. The van der Waals surface area contributed by atoms with E-state index in [-0.39, 0.29) is 12.5 Å². The minimum atomic E-state index is -0.660. The summed E-state index contributed by atoms with van der Waals surface area (Å²) in [6.45, 7) is 5.82. The topological polar surface area (TPSA) is 66.6 Å². The van der Waals surface area contributed by atoms with Crippen LogP contribution in [0.25, 0.3) is 0 Å². The molecule has 0 saturated carbocycles. The molecule has 1 saturated heterocycles. The number of aliphatic hydroxyl groups excluding tert-OH is 1. The fourth-order valence-corrected chi connectivity index (χ4v) is 3.57. The van der Waals surface area contributed by atoms with Gasteiger partial charge in [-0.25, -0.2) is 0 Å². The lowest BCUT2D eigenvalue weighted by Gasteiger charge is -2.35. The van der Waals surface area contributed by atoms with Gasteiger partial charge in [-0.05, 0) is 31.6 Å². The number of thiocarbonyl (C=S) groups is 1. The second kappa shape index (κ2) is 7.93. The van der Waals surface area contributed by atoms with Gasteiger partial charge in [0.15, 0.2) is 0 Å². The molecule has 1 fully saturated rings. The Morgan fingerprint density at radius 2 is 2.00 bits per heavy atom. The fraction of sp³-hybridized carbons (Fsp3) is 0.867. The third kappa shape index (κ3) is 3.70. The molecule has 0 aromatic heterocycles. The van der Waals surface area contributed by atoms with Crippen molar-refractivity contribution in [3.63, 3.8) is 0 Å². The van der Waals surface area contributed by atoms with Crippen molar-refractivity contribution in [2.45, 2.75) is 52.4 Å². The molecular weight excluding hydrogens is 272 g/mol. The molecule has 3 N–H and O–H groups in total. The molecular formula is C15H28N2O2S. The highest BCUT2D eigenvalue weighted by Crippen LogP contribution is 2.35. The zero-order valence-electron chi connectivity index (χ0n) is 12.7. The first kappa shape index (κ1) is 17.4. The van der Waals surface area contributed by atoms with Gasteiger partial charge in [-0.1, -0.05) is 38.9 Å². The summed E-state index contributed by atoms with van der Waals surface area (Å²) in [5, 5.41) is 9.02. The van der Waals surface area contributed by atoms with Crippen LogP contribution in [0.5, 0.6) is 0 Å². The standard InChI is InChI=1S/C15H28N2O2S/c1-3-7-15(8-4-2,13(16)20)14(19)17-9-5-12(11-17)6-10-18/h12,18H,3-11H2,1-2H3,(H2,16,20). The molecule has 1 heterocycles. The van der Waals surface area contributed by atoms with Crippen LogP contribution in [0.4, 0.5) is 0 Å². The number of carbonyl (C=O) groups excluding carboxylic acids is 1. The molecule has 0 aromatic carbocycles. The molecule has 0 radical (unpaired) electrons. The second-order valence-electron chi connectivity index (χ2n) is 5.86. The van der Waals surface area contributed by atoms with Crippen LogP contribution in [0.2, 0.25) is 0 Å². The first-order valence-corrected chi connectivity index (χ1v) is 8.12. The van der Waals surface area contributed by atoms with Crippen molar-refractivity contribution in [2.75, 3.05) is 19.7 Å². The molecule has 0 aromatic rings. The Hall–Kier alpha value is -0.680. The van der Waals surface area contributed by atoms with Gasteiger partial charge in [0.05, 0.1) is 10.4 Å². The number of nitrogens with zero attached hydrogens (tertiary/aromatic N) is 1. The van der Waals surface area contributed by atoms with Crippen molar-refractivity contribution < 1.29 is 9.90 Å². The number of aliphatic hydroxyl groups is 1. The van der Waals surface area contributed by atoms with Crippen molar-refractivity contribution >= 4 is 23.1 Å². The van der Waals surface area contributed by atoms with Crippen LogP contribution < -0.4 is 5.73 Å². The van der Waals surface area contributed by atoms with Crippen molar-refractivity contribution in [1.29, 1.82) is 0 Å². The van der Waals surface area contributed by atoms with E-state index in [1.54, 1.807) is 0 Å². The lowest BCUT2D eigenvalue weighted by Crippen LogP contribution is -2.50. The van der Waals surface area contributed by atoms with Crippen molar-refractivity contribution in [1.82, 2.24) is 4.90 Å². The summed E-state index contributed by atoms with van der Waals surface area (Å²) in [4.78, 5) is 15.2. The summed E-state index contributed by atoms with van der Waals surface area (Å²) in [6.07, 6.45) is 5.00. The van der Waals surface area contributed by atoms with Gasteiger partial charge in [0.25, 0.3) is 0 Å². The fourth-order valence-electron chi connectivity index (χ4n) is 3.28. The first-order chi connectivity index (χ1) is 9.51. The molecule has 1 atom stereocenters. The molecule has 1 aliphatic heterocycles. The molecule has 5 heteroatoms. The minimum absolute atomic E-state index is 0.106. The Bertz CT molecular complexity index is 341. The van der Waals surface area contributed by atoms with Gasteiger partial charge in [0.1, 0.15) is 0 Å². The summed E-state index contributed by atoms with van der Waals surface area (Å²) in [6, 6.07) is 0. The van der Waals surface area contributed by atoms with Gasteiger partial charge in [-0.15, -0.1) is 0 Å². The van der Waals surface area contributed by atoms with Gasteiger partial charge in [-0.3, -0.25) is 4.79 Å². The van der Waals surface area contributed by atoms with Gasteiger partial charge in [-0.2, -0.15) is 0 Å². The lowest BCUT2D eigenvalue weighted by atomic mass is 9.77. The van der Waals surface area contributed by atoms with Crippen LogP contribution in [-0.4, -0.2) is 40.6 Å². The molecule has 1 unspecified atom stereocenters. The largest absolute Gasteiger partial charge is 0.396 e. The highest BCUT2D eigenvalue weighted by atomic mass is 32.1. The van der Waals surface area contributed by atoms with E-state index in [9.17, 15) is 4.79 Å². The van der Waals surface area contributed by atoms with E-state index in [1.165, 1.54) is 0 Å². The van der Waals surface area contributed by atoms with Crippen LogP contribution in [-0.2, 0) is 4.79 Å². The number of nitrogens with two attached hydrogens (primary N) is 1. The Morgan fingerprint density at radius 1 is 1.40 bits per heavy atom. The molecule has 0 bridgehead atoms. The van der Waals surface area contributed by atoms with E-state index < -0.39 is 5.41 Å². The SMILES string of the molecule is CCCC(CCC)(C(=O)N1CCC(CCO)C1)C(N)=S. The van der Waals surface area contributed by atoms with Gasteiger partial charge < -0.3 is 15.7 Å². The summed E-state index contributed by atoms with van der Waals surface area (Å²) < 4.78 is 0. The summed E-state index contributed by atoms with van der Waals surface area (Å²) in [5.41, 5.74) is 5.29. The van der Waals surface area contributed by atoms with Crippen LogP contribution in [0.15, 0.2) is 0 Å². The Kier molecular flexibility index (Phi) is 6.89. The van der Waals surface area contributed by atoms with E-state index >= 15 is 0 Å². The highest BCUT2D eigenvalue weighted by molar-refractivity contribution is 7.80. The Balaban J connectivity index is 2.85. The number of amides is 1. The molecule has 1 aliphatic rings. The van der Waals surface area contributed by atoms with Gasteiger partial charge >= 0.3 is 0 Å². The maximum absolute atomic E-state index is 12.9. The van der Waals surface area contributed by atoms with Crippen LogP contribution in [0.1, 0.15) is 52.4 Å². The first-order valence-electron chi connectivity index (χ1n) is 7.72. The van der Waals surface area contributed by atoms with Crippen LogP contribution in [0.3, 0.4) is 0 Å². The average Bonchev–Trinajstić information content (AvgIpc) is 2.86. The van der Waals surface area contributed by atoms with Gasteiger partial charge in [0, 0.05) is 19.7 Å². The van der Waals surface area contributed by atoms with E-state index in [1.807, 2.05) is 4.90 Å². The predicted octanol–water partition coefficient (Wildman–Crippen LogP) is 2.09. The Labute approximate surface area is 127 Å². The number of rotatable bonds is 8. The molecule has 1 amide bonds. The number of hydrogen-bond acceptors (Lipinski definition) is 3. The summed E-state index contributed by atoms with van der Waals surface area (Å²) in [5.74, 6) is 0.519. The normalized spacial score (nSPS) is 19.4. The van der Waals surface area contributed by atoms with E-state index in [4.69, 9.17) is 23.1 Å². The molecule has 0 spiro atoms. The Morgan fingerprint density at radius 3 is 2.45 bits per heavy atom. The van der Waals surface area contributed by atoms with Crippen LogP contribution in [0, 0.1) is 11.3 Å². The van der Waals surface area contributed by atoms with E-state index in [2.05, 4.69) is 13.8 Å². The van der Waals surface area contributed by atoms with Crippen LogP contribution >= 0.6 is 12.2 Å². The zero-order valence-corrected chi connectivity index (χ0v) is 13.5. The predicted molar refractivity (Wildman–Crippen MR) is 85.4 cm³/mol. The zero-order chi connectivity index (χ0) is 15.2. The van der Waals surface area contributed by atoms with Crippen molar-refractivity contribution in [2.24, 2.45) is 17.1 Å². The second-order valence-corrected chi connectivity index (χ2v) is 6.30. The molecule has 4 nitrogen and oxygen atoms in total. The summed E-state index contributed by atoms with van der Waals surface area (Å²) in [7, 11) is 0. The minimum Gasteiger partial charge on any atom is -0.396 e. The number of hydrogen-bond donors (Lipinski definition) is 2. The van der Waals surface area contributed by atoms with Gasteiger partial charge in [0.2, 0.25) is 5.91 Å². The molecule has 116 valence electrons. The molecule has 0 aliphatic carbocycles. The van der Waals surface area contributed by atoms with E-state index in [0.717, 1.165) is 51.6 Å². The monoisotopic (exact) mass is 300 g/mol. The van der Waals surface area contributed by atoms with Crippen molar-refractivity contribution in [3.8, 4) is 0 Å². The number of likely N-dealkylation sites (tertiary alicyclic amines) is 1. The smallest absolute Gasteiger partial charge is 0.235 e. The van der Waals surface area contributed by atoms with E-state index in [0.29, 0.717) is 10.9 Å². The molecule has 1 rings (SSSR count). The number of carbonyl (C=O) groups is 1. The maximum Gasteiger partial charge on any atom is 0.235 e. The third-order valence-electron chi connectivity index (χ3n) is 4.35. The lowest BCUT2D eigenvalue weighted by molar-refractivity contribution is -0.138. The average molecular weight is 300 g/mol. The third-order valence-corrected chi connectivity index (χ3v) is 4.74. The maximum atomic E-state index is 12.9. The summed E-state index contributed by atoms with van der Waals surface area (Å²) >= 11 is 5.24. The quantitative estimate of drug-likeness (QED) is 0.674.